The molecule has 1 aliphatic rings. The zero-order valence-electron chi connectivity index (χ0n) is 8.88. The van der Waals surface area contributed by atoms with Crippen LogP contribution in [0, 0.1) is 5.82 Å². The maximum atomic E-state index is 13.1. The molecule has 0 bridgehead atoms. The molecule has 2 nitrogen and oxygen atoms in total. The van der Waals surface area contributed by atoms with Crippen LogP contribution in [0.4, 0.5) is 9.52 Å². The van der Waals surface area contributed by atoms with Crippen molar-refractivity contribution in [2.75, 3.05) is 11.9 Å². The van der Waals surface area contributed by atoms with Crippen molar-refractivity contribution in [2.45, 2.75) is 13.3 Å². The lowest BCUT2D eigenvalue weighted by molar-refractivity contribution is 0.626. The summed E-state index contributed by atoms with van der Waals surface area (Å²) in [6, 6.07) is 4.93. The highest BCUT2D eigenvalue weighted by atomic mass is 32.1. The molecular formula is C12H11FN2S. The van der Waals surface area contributed by atoms with Gasteiger partial charge in [-0.25, -0.2) is 9.37 Å². The van der Waals surface area contributed by atoms with Gasteiger partial charge in [0.05, 0.1) is 5.69 Å². The summed E-state index contributed by atoms with van der Waals surface area (Å²) in [4.78, 5) is 5.77. The van der Waals surface area contributed by atoms with Crippen molar-refractivity contribution in [3.05, 3.63) is 34.5 Å². The van der Waals surface area contributed by atoms with Crippen LogP contribution in [0.3, 0.4) is 0 Å². The number of benzene rings is 1. The van der Waals surface area contributed by atoms with Gasteiger partial charge >= 0.3 is 0 Å². The van der Waals surface area contributed by atoms with E-state index in [0.717, 1.165) is 34.9 Å². The predicted molar refractivity (Wildman–Crippen MR) is 64.5 cm³/mol. The second kappa shape index (κ2) is 3.56. The molecule has 0 saturated heterocycles. The van der Waals surface area contributed by atoms with Crippen LogP contribution in [0.2, 0.25) is 0 Å². The first-order chi connectivity index (χ1) is 7.78. The molecule has 1 heterocycles. The van der Waals surface area contributed by atoms with Crippen molar-refractivity contribution in [3.63, 3.8) is 0 Å². The first-order valence-corrected chi connectivity index (χ1v) is 6.12. The Balaban J connectivity index is 2.06. The van der Waals surface area contributed by atoms with Gasteiger partial charge in [0, 0.05) is 23.4 Å². The Bertz CT molecular complexity index is 548. The molecule has 16 heavy (non-hydrogen) atoms. The maximum absolute atomic E-state index is 13.1. The van der Waals surface area contributed by atoms with Gasteiger partial charge in [-0.15, -0.1) is 11.3 Å². The highest BCUT2D eigenvalue weighted by molar-refractivity contribution is 7.16. The summed E-state index contributed by atoms with van der Waals surface area (Å²) in [6.07, 6.45) is 0.811. The minimum Gasteiger partial charge on any atom is -0.362 e. The molecule has 0 fully saturated rings. The third-order valence-corrected chi connectivity index (χ3v) is 3.71. The van der Waals surface area contributed by atoms with Gasteiger partial charge < -0.3 is 5.32 Å². The lowest BCUT2D eigenvalue weighted by Crippen LogP contribution is -1.95. The van der Waals surface area contributed by atoms with Crippen LogP contribution in [0.1, 0.15) is 17.4 Å². The van der Waals surface area contributed by atoms with Crippen molar-refractivity contribution in [1.29, 1.82) is 0 Å². The molecule has 0 atom stereocenters. The number of nitrogens with zero attached hydrogens (tertiary/aromatic N) is 1. The number of hydrogen-bond acceptors (Lipinski definition) is 3. The van der Waals surface area contributed by atoms with Crippen LogP contribution < -0.4 is 5.32 Å². The van der Waals surface area contributed by atoms with Crippen LogP contribution in [0.15, 0.2) is 18.2 Å². The van der Waals surface area contributed by atoms with E-state index in [4.69, 9.17) is 0 Å². The van der Waals surface area contributed by atoms with Gasteiger partial charge in [-0.05, 0) is 30.7 Å². The van der Waals surface area contributed by atoms with E-state index in [0.29, 0.717) is 0 Å². The monoisotopic (exact) mass is 234 g/mol. The Morgan fingerprint density at radius 2 is 2.38 bits per heavy atom. The molecule has 1 aromatic carbocycles. The van der Waals surface area contributed by atoms with E-state index >= 15 is 0 Å². The van der Waals surface area contributed by atoms with E-state index < -0.39 is 0 Å². The zero-order chi connectivity index (χ0) is 11.1. The quantitative estimate of drug-likeness (QED) is 0.736. The normalized spacial score (nSPS) is 12.4. The zero-order valence-corrected chi connectivity index (χ0v) is 9.70. The number of hydrogen-bond donors (Lipinski definition) is 1. The first kappa shape index (κ1) is 9.78. The number of fused-ring (bicyclic) bond motifs is 3. The Morgan fingerprint density at radius 1 is 1.50 bits per heavy atom. The van der Waals surface area contributed by atoms with Gasteiger partial charge in [-0.1, -0.05) is 0 Å². The molecule has 1 aliphatic carbocycles. The van der Waals surface area contributed by atoms with Gasteiger partial charge in [0.15, 0.2) is 5.13 Å². The van der Waals surface area contributed by atoms with Crippen LogP contribution in [0.25, 0.3) is 11.3 Å². The molecular weight excluding hydrogens is 223 g/mol. The number of halogens is 1. The van der Waals surface area contributed by atoms with E-state index in [1.165, 1.54) is 10.9 Å². The summed E-state index contributed by atoms with van der Waals surface area (Å²) in [5.41, 5.74) is 3.16. The smallest absolute Gasteiger partial charge is 0.183 e. The van der Waals surface area contributed by atoms with Crippen molar-refractivity contribution >= 4 is 16.5 Å². The standard InChI is InChI=1S/C12H11FN2S/c1-2-14-12-15-11-9-4-3-8(13)5-7(9)6-10(11)16-12/h3-5H,2,6H2,1H3,(H,14,15). The fraction of sp³-hybridized carbons (Fsp3) is 0.250. The Morgan fingerprint density at radius 3 is 3.19 bits per heavy atom. The van der Waals surface area contributed by atoms with Crippen molar-refractivity contribution < 1.29 is 4.39 Å². The van der Waals surface area contributed by atoms with Crippen molar-refractivity contribution in [3.8, 4) is 11.3 Å². The summed E-state index contributed by atoms with van der Waals surface area (Å²) >= 11 is 1.66. The van der Waals surface area contributed by atoms with E-state index in [2.05, 4.69) is 17.2 Å². The maximum Gasteiger partial charge on any atom is 0.183 e. The first-order valence-electron chi connectivity index (χ1n) is 5.30. The van der Waals surface area contributed by atoms with Crippen LogP contribution in [-0.4, -0.2) is 11.5 Å². The van der Waals surface area contributed by atoms with Gasteiger partial charge in [0.25, 0.3) is 0 Å². The molecule has 3 rings (SSSR count). The van der Waals surface area contributed by atoms with Crippen LogP contribution >= 0.6 is 11.3 Å². The largest absolute Gasteiger partial charge is 0.362 e. The molecule has 0 radical (unpaired) electrons. The molecule has 2 aromatic rings. The van der Waals surface area contributed by atoms with Gasteiger partial charge in [0.1, 0.15) is 5.82 Å². The van der Waals surface area contributed by atoms with Crippen LogP contribution in [-0.2, 0) is 6.42 Å². The Hall–Kier alpha value is -1.42. The van der Waals surface area contributed by atoms with Gasteiger partial charge in [0.2, 0.25) is 0 Å². The summed E-state index contributed by atoms with van der Waals surface area (Å²) in [5.74, 6) is -0.166. The minimum absolute atomic E-state index is 0.166. The summed E-state index contributed by atoms with van der Waals surface area (Å²) in [6.45, 7) is 2.93. The molecule has 0 spiro atoms. The third-order valence-electron chi connectivity index (χ3n) is 2.70. The summed E-state index contributed by atoms with van der Waals surface area (Å²) in [7, 11) is 0. The Labute approximate surface area is 97.2 Å². The molecule has 82 valence electrons. The summed E-state index contributed by atoms with van der Waals surface area (Å²) < 4.78 is 13.1. The minimum atomic E-state index is -0.166. The molecule has 4 heteroatoms. The molecule has 0 unspecified atom stereocenters. The number of nitrogens with one attached hydrogen (secondary N) is 1. The highest BCUT2D eigenvalue weighted by Gasteiger charge is 2.23. The molecule has 1 aromatic heterocycles. The fourth-order valence-corrected chi connectivity index (χ4v) is 3.09. The lowest BCUT2D eigenvalue weighted by atomic mass is 10.1. The number of thiazole rings is 1. The third kappa shape index (κ3) is 1.41. The van der Waals surface area contributed by atoms with Crippen LogP contribution in [0.5, 0.6) is 0 Å². The lowest BCUT2D eigenvalue weighted by Gasteiger charge is -1.99. The number of anilines is 1. The Kier molecular flexibility index (Phi) is 2.17. The van der Waals surface area contributed by atoms with E-state index in [9.17, 15) is 4.39 Å². The molecule has 0 aliphatic heterocycles. The van der Waals surface area contributed by atoms with Gasteiger partial charge in [-0.2, -0.15) is 0 Å². The highest BCUT2D eigenvalue weighted by Crippen LogP contribution is 2.41. The van der Waals surface area contributed by atoms with Gasteiger partial charge in [-0.3, -0.25) is 0 Å². The average molecular weight is 234 g/mol. The second-order valence-corrected chi connectivity index (χ2v) is 4.88. The topological polar surface area (TPSA) is 24.9 Å². The summed E-state index contributed by atoms with van der Waals surface area (Å²) in [5, 5.41) is 4.17. The average Bonchev–Trinajstić information content (AvgIpc) is 2.74. The van der Waals surface area contributed by atoms with E-state index in [1.54, 1.807) is 17.4 Å². The van der Waals surface area contributed by atoms with Crippen molar-refractivity contribution in [2.24, 2.45) is 0 Å². The van der Waals surface area contributed by atoms with Crippen molar-refractivity contribution in [1.82, 2.24) is 4.98 Å². The molecule has 0 amide bonds. The second-order valence-electron chi connectivity index (χ2n) is 3.80. The molecule has 0 saturated carbocycles. The molecule has 1 N–H and O–H groups in total. The number of rotatable bonds is 2. The SMILES string of the molecule is CCNc1nc2c(s1)Cc1cc(F)ccc1-2. The number of aromatic nitrogens is 1. The van der Waals surface area contributed by atoms with E-state index in [1.807, 2.05) is 6.07 Å². The van der Waals surface area contributed by atoms with E-state index in [-0.39, 0.29) is 5.82 Å². The fourth-order valence-electron chi connectivity index (χ4n) is 2.02. The predicted octanol–water partition coefficient (Wildman–Crippen LogP) is 3.29.